The first kappa shape index (κ1) is 12.3. The van der Waals surface area contributed by atoms with E-state index in [1.165, 1.54) is 0 Å². The van der Waals surface area contributed by atoms with Gasteiger partial charge >= 0.3 is 0 Å². The maximum atomic E-state index is 6.29. The lowest BCUT2D eigenvalue weighted by molar-refractivity contribution is 0.823. The van der Waals surface area contributed by atoms with E-state index < -0.39 is 0 Å². The highest BCUT2D eigenvalue weighted by atomic mass is 79.9. The first-order valence-corrected chi connectivity index (χ1v) is 6.75. The summed E-state index contributed by atoms with van der Waals surface area (Å²) in [4.78, 5) is 8.70. The number of nitrogens with zero attached hydrogens (tertiary/aromatic N) is 2. The summed E-state index contributed by atoms with van der Waals surface area (Å²) in [5.74, 6) is 0. The molecular weight excluding hydrogens is 302 g/mol. The number of pyridine rings is 2. The summed E-state index contributed by atoms with van der Waals surface area (Å²) in [7, 11) is 0. The number of benzene rings is 1. The Labute approximate surface area is 119 Å². The van der Waals surface area contributed by atoms with E-state index in [4.69, 9.17) is 5.73 Å². The van der Waals surface area contributed by atoms with Gasteiger partial charge in [0.05, 0.1) is 17.3 Å². The fourth-order valence-electron chi connectivity index (χ4n) is 2.06. The molecule has 0 fully saturated rings. The zero-order chi connectivity index (χ0) is 13.2. The monoisotopic (exact) mass is 313 g/mol. The highest BCUT2D eigenvalue weighted by Crippen LogP contribution is 2.26. The van der Waals surface area contributed by atoms with Crippen LogP contribution in [0.5, 0.6) is 0 Å². The van der Waals surface area contributed by atoms with Crippen molar-refractivity contribution >= 4 is 26.8 Å². The van der Waals surface area contributed by atoms with Gasteiger partial charge in [0.25, 0.3) is 0 Å². The number of rotatable bonds is 2. The Morgan fingerprint density at radius 3 is 2.63 bits per heavy atom. The van der Waals surface area contributed by atoms with Crippen LogP contribution >= 0.6 is 15.9 Å². The van der Waals surface area contributed by atoms with Crippen LogP contribution in [0.1, 0.15) is 17.3 Å². The Balaban J connectivity index is 2.07. The van der Waals surface area contributed by atoms with Gasteiger partial charge in [-0.25, -0.2) is 0 Å². The second kappa shape index (κ2) is 5.07. The molecule has 94 valence electrons. The number of hydrogen-bond acceptors (Lipinski definition) is 3. The summed E-state index contributed by atoms with van der Waals surface area (Å²) in [6, 6.07) is 13.6. The average Bonchev–Trinajstić information content (AvgIpc) is 2.46. The predicted molar refractivity (Wildman–Crippen MR) is 79.7 cm³/mol. The Hall–Kier alpha value is -1.78. The molecule has 2 aromatic heterocycles. The van der Waals surface area contributed by atoms with Crippen molar-refractivity contribution in [1.82, 2.24) is 9.97 Å². The maximum absolute atomic E-state index is 6.29. The molecule has 0 radical (unpaired) electrons. The van der Waals surface area contributed by atoms with Gasteiger partial charge in [-0.2, -0.15) is 0 Å². The predicted octanol–water partition coefficient (Wildman–Crippen LogP) is 3.44. The summed E-state index contributed by atoms with van der Waals surface area (Å²) in [6.07, 6.45) is 3.54. The fourth-order valence-corrected chi connectivity index (χ4v) is 2.56. The van der Waals surface area contributed by atoms with Crippen molar-refractivity contribution < 1.29 is 0 Å². The Kier molecular flexibility index (Phi) is 3.27. The molecule has 0 saturated carbocycles. The Morgan fingerprint density at radius 1 is 1.00 bits per heavy atom. The molecule has 3 aromatic rings. The second-order valence-corrected chi connectivity index (χ2v) is 5.16. The van der Waals surface area contributed by atoms with Gasteiger partial charge in [-0.1, -0.05) is 18.2 Å². The summed E-state index contributed by atoms with van der Waals surface area (Å²) in [5, 5.41) is 1.11. The van der Waals surface area contributed by atoms with Crippen LogP contribution in [0.15, 0.2) is 59.3 Å². The first-order valence-electron chi connectivity index (χ1n) is 5.96. The van der Waals surface area contributed by atoms with E-state index >= 15 is 0 Å². The normalized spacial score (nSPS) is 12.5. The molecular formula is C15H12BrN3. The van der Waals surface area contributed by atoms with Crippen molar-refractivity contribution in [3.63, 3.8) is 0 Å². The van der Waals surface area contributed by atoms with Crippen LogP contribution in [-0.4, -0.2) is 9.97 Å². The van der Waals surface area contributed by atoms with Crippen molar-refractivity contribution in [2.45, 2.75) is 6.04 Å². The summed E-state index contributed by atoms with van der Waals surface area (Å²) < 4.78 is 0.920. The minimum Gasteiger partial charge on any atom is -0.319 e. The van der Waals surface area contributed by atoms with Gasteiger partial charge in [0.1, 0.15) is 0 Å². The molecule has 1 aromatic carbocycles. The topological polar surface area (TPSA) is 51.8 Å². The standard InChI is InChI=1S/C15H12BrN3/c16-12-4-2-8-19-15(12)14(17)11-6-5-10-3-1-7-18-13(10)9-11/h1-9,14H,17H2. The van der Waals surface area contributed by atoms with Crippen molar-refractivity contribution in [3.05, 3.63) is 70.6 Å². The lowest BCUT2D eigenvalue weighted by Crippen LogP contribution is -2.14. The summed E-state index contributed by atoms with van der Waals surface area (Å²) in [5.41, 5.74) is 9.07. The molecule has 0 saturated heterocycles. The molecule has 3 nitrogen and oxygen atoms in total. The third kappa shape index (κ3) is 2.37. The third-order valence-corrected chi connectivity index (χ3v) is 3.74. The number of fused-ring (bicyclic) bond motifs is 1. The minimum absolute atomic E-state index is 0.262. The van der Waals surface area contributed by atoms with Crippen LogP contribution in [0.25, 0.3) is 10.9 Å². The molecule has 0 aliphatic heterocycles. The third-order valence-electron chi connectivity index (χ3n) is 3.07. The van der Waals surface area contributed by atoms with Gasteiger partial charge in [-0.05, 0) is 45.8 Å². The number of nitrogens with two attached hydrogens (primary N) is 1. The highest BCUT2D eigenvalue weighted by Gasteiger charge is 2.13. The molecule has 0 bridgehead atoms. The molecule has 0 spiro atoms. The number of aromatic nitrogens is 2. The lowest BCUT2D eigenvalue weighted by atomic mass is 10.0. The summed E-state index contributed by atoms with van der Waals surface area (Å²) >= 11 is 3.49. The van der Waals surface area contributed by atoms with Gasteiger partial charge in [0.2, 0.25) is 0 Å². The maximum Gasteiger partial charge on any atom is 0.0758 e. The zero-order valence-electron chi connectivity index (χ0n) is 10.1. The molecule has 2 heterocycles. The Morgan fingerprint density at radius 2 is 1.79 bits per heavy atom. The van der Waals surface area contributed by atoms with Crippen LogP contribution < -0.4 is 5.73 Å². The second-order valence-electron chi connectivity index (χ2n) is 4.30. The molecule has 3 rings (SSSR count). The molecule has 0 aliphatic rings. The molecule has 0 aliphatic carbocycles. The fraction of sp³-hybridized carbons (Fsp3) is 0.0667. The molecule has 4 heteroatoms. The van der Waals surface area contributed by atoms with Gasteiger partial charge in [0.15, 0.2) is 0 Å². The first-order chi connectivity index (χ1) is 9.25. The average molecular weight is 314 g/mol. The molecule has 1 atom stereocenters. The van der Waals surface area contributed by atoms with E-state index in [1.807, 2.05) is 42.5 Å². The Bertz CT molecular complexity index is 727. The van der Waals surface area contributed by atoms with E-state index in [9.17, 15) is 0 Å². The number of hydrogen-bond donors (Lipinski definition) is 1. The van der Waals surface area contributed by atoms with Crippen LogP contribution in [0, 0.1) is 0 Å². The lowest BCUT2D eigenvalue weighted by Gasteiger charge is -2.13. The van der Waals surface area contributed by atoms with E-state index in [-0.39, 0.29) is 6.04 Å². The largest absolute Gasteiger partial charge is 0.319 e. The van der Waals surface area contributed by atoms with Crippen molar-refractivity contribution in [3.8, 4) is 0 Å². The summed E-state index contributed by atoms with van der Waals surface area (Å²) in [6.45, 7) is 0. The van der Waals surface area contributed by atoms with E-state index in [2.05, 4.69) is 25.9 Å². The van der Waals surface area contributed by atoms with Gasteiger partial charge < -0.3 is 5.73 Å². The smallest absolute Gasteiger partial charge is 0.0758 e. The van der Waals surface area contributed by atoms with Crippen molar-refractivity contribution in [1.29, 1.82) is 0 Å². The quantitative estimate of drug-likeness (QED) is 0.788. The molecule has 2 N–H and O–H groups in total. The zero-order valence-corrected chi connectivity index (χ0v) is 11.7. The van der Waals surface area contributed by atoms with E-state index in [0.717, 1.165) is 26.6 Å². The van der Waals surface area contributed by atoms with Gasteiger partial charge in [0, 0.05) is 22.3 Å². The highest BCUT2D eigenvalue weighted by molar-refractivity contribution is 9.10. The van der Waals surface area contributed by atoms with Crippen LogP contribution in [0.3, 0.4) is 0 Å². The molecule has 1 unspecified atom stereocenters. The van der Waals surface area contributed by atoms with Crippen LogP contribution in [0.2, 0.25) is 0 Å². The van der Waals surface area contributed by atoms with Crippen molar-refractivity contribution in [2.75, 3.05) is 0 Å². The minimum atomic E-state index is -0.262. The molecule has 19 heavy (non-hydrogen) atoms. The van der Waals surface area contributed by atoms with E-state index in [1.54, 1.807) is 12.4 Å². The van der Waals surface area contributed by atoms with Gasteiger partial charge in [-0.3, -0.25) is 9.97 Å². The number of halogens is 1. The van der Waals surface area contributed by atoms with Crippen LogP contribution in [0.4, 0.5) is 0 Å². The SMILES string of the molecule is NC(c1ccc2cccnc2c1)c1ncccc1Br. The van der Waals surface area contributed by atoms with Gasteiger partial charge in [-0.15, -0.1) is 0 Å². The van der Waals surface area contributed by atoms with Crippen LogP contribution in [-0.2, 0) is 0 Å². The molecule has 0 amide bonds. The van der Waals surface area contributed by atoms with E-state index in [0.29, 0.717) is 0 Å². The van der Waals surface area contributed by atoms with Crippen molar-refractivity contribution in [2.24, 2.45) is 5.73 Å².